The van der Waals surface area contributed by atoms with Gasteiger partial charge in [-0.1, -0.05) is 306 Å². The van der Waals surface area contributed by atoms with Crippen molar-refractivity contribution in [3.63, 3.8) is 0 Å². The van der Waals surface area contributed by atoms with Crippen molar-refractivity contribution >= 4 is 17.9 Å². The van der Waals surface area contributed by atoms with Crippen LogP contribution in [0.25, 0.3) is 0 Å². The molecule has 0 rings (SSSR count). The third-order valence-corrected chi connectivity index (χ3v) is 14.8. The van der Waals surface area contributed by atoms with Crippen LogP contribution in [0.15, 0.2) is 60.8 Å². The molecule has 0 bridgehead atoms. The van der Waals surface area contributed by atoms with Gasteiger partial charge in [-0.3, -0.25) is 14.4 Å². The molecule has 0 aromatic heterocycles. The van der Waals surface area contributed by atoms with Crippen LogP contribution in [0.3, 0.4) is 0 Å². The highest BCUT2D eigenvalue weighted by molar-refractivity contribution is 5.71. The number of allylic oxidation sites excluding steroid dienone is 10. The van der Waals surface area contributed by atoms with Gasteiger partial charge in [0.1, 0.15) is 13.2 Å². The SMILES string of the molecule is CC/C=C\C/C=C\C/C=C\C/C=C\CCCCCCCCCCCCC(=O)OCC(COC(=O)CCCCCCC/C=C\CCCCCCCCC)OC(=O)CCCCCCCCCCCCCCCCCCCCC. The molecule has 0 aromatic rings. The van der Waals surface area contributed by atoms with Crippen LogP contribution in [0, 0.1) is 0 Å². The molecular formula is C70H126O6. The quantitative estimate of drug-likeness (QED) is 0.0261. The Morgan fingerprint density at radius 2 is 0.513 bits per heavy atom. The van der Waals surface area contributed by atoms with E-state index >= 15 is 0 Å². The number of unbranched alkanes of at least 4 members (excludes halogenated alkanes) is 40. The highest BCUT2D eigenvalue weighted by Crippen LogP contribution is 2.17. The van der Waals surface area contributed by atoms with E-state index < -0.39 is 6.10 Å². The minimum absolute atomic E-state index is 0.0754. The van der Waals surface area contributed by atoms with Crippen LogP contribution < -0.4 is 0 Å². The maximum atomic E-state index is 12.9. The van der Waals surface area contributed by atoms with Crippen LogP contribution in [0.4, 0.5) is 0 Å². The lowest BCUT2D eigenvalue weighted by Gasteiger charge is -2.18. The third kappa shape index (κ3) is 62.0. The van der Waals surface area contributed by atoms with Crippen LogP contribution >= 0.6 is 0 Å². The second-order valence-electron chi connectivity index (χ2n) is 22.4. The summed E-state index contributed by atoms with van der Waals surface area (Å²) >= 11 is 0. The van der Waals surface area contributed by atoms with E-state index in [0.29, 0.717) is 19.3 Å². The molecule has 442 valence electrons. The van der Waals surface area contributed by atoms with Crippen LogP contribution in [0.1, 0.15) is 348 Å². The molecule has 6 heteroatoms. The van der Waals surface area contributed by atoms with E-state index in [9.17, 15) is 14.4 Å². The number of carbonyl (C=O) groups is 3. The van der Waals surface area contributed by atoms with Gasteiger partial charge in [-0.2, -0.15) is 0 Å². The van der Waals surface area contributed by atoms with E-state index in [0.717, 1.165) is 89.9 Å². The number of carbonyl (C=O) groups excluding carboxylic acids is 3. The van der Waals surface area contributed by atoms with Crippen LogP contribution in [0.2, 0.25) is 0 Å². The number of hydrogen-bond donors (Lipinski definition) is 0. The van der Waals surface area contributed by atoms with Crippen LogP contribution in [-0.2, 0) is 28.6 Å². The zero-order chi connectivity index (χ0) is 55.0. The van der Waals surface area contributed by atoms with Crippen molar-refractivity contribution in [3.8, 4) is 0 Å². The summed E-state index contributed by atoms with van der Waals surface area (Å²) in [6.07, 6.45) is 82.3. The van der Waals surface area contributed by atoms with Gasteiger partial charge in [-0.25, -0.2) is 0 Å². The molecule has 0 aliphatic heterocycles. The van der Waals surface area contributed by atoms with E-state index in [1.807, 2.05) is 0 Å². The smallest absolute Gasteiger partial charge is 0.306 e. The highest BCUT2D eigenvalue weighted by Gasteiger charge is 2.19. The predicted octanol–water partition coefficient (Wildman–Crippen LogP) is 22.7. The summed E-state index contributed by atoms with van der Waals surface area (Å²) in [5.41, 5.74) is 0. The predicted molar refractivity (Wildman–Crippen MR) is 330 cm³/mol. The van der Waals surface area contributed by atoms with Crippen molar-refractivity contribution in [2.24, 2.45) is 0 Å². The number of ether oxygens (including phenoxy) is 3. The second-order valence-corrected chi connectivity index (χ2v) is 22.4. The number of hydrogen-bond acceptors (Lipinski definition) is 6. The first kappa shape index (κ1) is 73.1. The van der Waals surface area contributed by atoms with Gasteiger partial charge in [0.05, 0.1) is 0 Å². The molecule has 0 amide bonds. The summed E-state index contributed by atoms with van der Waals surface area (Å²) in [7, 11) is 0. The topological polar surface area (TPSA) is 78.9 Å². The van der Waals surface area contributed by atoms with Gasteiger partial charge < -0.3 is 14.2 Å². The zero-order valence-corrected chi connectivity index (χ0v) is 50.8. The standard InChI is InChI=1S/C70H126O6/c1-4-7-10-13-16-19-22-25-28-31-33-34-35-36-38-39-42-45-48-51-54-57-60-63-69(72)75-66-67(65-74-68(71)62-59-56-53-50-47-44-41-30-27-24-21-18-15-12-9-6-3)76-70(73)64-61-58-55-52-49-46-43-40-37-32-29-26-23-20-17-14-11-8-5-2/h7,10,16,19,25,28,30,33-34,41,67H,4-6,8-9,11-15,17-18,20-24,26-27,29,31-32,35-40,42-66H2,1-3H3/b10-7-,19-16-,28-25-,34-33-,41-30-. The minimum atomic E-state index is -0.778. The molecule has 0 heterocycles. The maximum absolute atomic E-state index is 12.9. The molecule has 0 aromatic carbocycles. The Kier molecular flexibility index (Phi) is 62.2. The average Bonchev–Trinajstić information content (AvgIpc) is 3.42. The Labute approximate surface area is 472 Å². The van der Waals surface area contributed by atoms with E-state index in [-0.39, 0.29) is 31.1 Å². The Morgan fingerprint density at radius 3 is 0.816 bits per heavy atom. The molecule has 6 nitrogen and oxygen atoms in total. The molecule has 0 saturated carbocycles. The van der Waals surface area contributed by atoms with E-state index in [1.165, 1.54) is 218 Å². The fraction of sp³-hybridized carbons (Fsp3) is 0.814. The molecule has 76 heavy (non-hydrogen) atoms. The molecule has 0 saturated heterocycles. The van der Waals surface area contributed by atoms with Crippen molar-refractivity contribution in [2.45, 2.75) is 354 Å². The van der Waals surface area contributed by atoms with Crippen molar-refractivity contribution in [2.75, 3.05) is 13.2 Å². The minimum Gasteiger partial charge on any atom is -0.462 e. The van der Waals surface area contributed by atoms with E-state index in [4.69, 9.17) is 14.2 Å². The van der Waals surface area contributed by atoms with Crippen LogP contribution in [-0.4, -0.2) is 37.2 Å². The Bertz CT molecular complexity index is 1360. The fourth-order valence-corrected chi connectivity index (χ4v) is 9.79. The summed E-state index contributed by atoms with van der Waals surface area (Å²) in [6.45, 7) is 6.57. The van der Waals surface area contributed by atoms with Crippen molar-refractivity contribution in [3.05, 3.63) is 60.8 Å². The first-order valence-electron chi connectivity index (χ1n) is 33.3. The fourth-order valence-electron chi connectivity index (χ4n) is 9.79. The summed E-state index contributed by atoms with van der Waals surface area (Å²) in [5.74, 6) is -0.865. The molecular weight excluding hydrogens is 937 g/mol. The molecule has 0 aliphatic rings. The maximum Gasteiger partial charge on any atom is 0.306 e. The van der Waals surface area contributed by atoms with Gasteiger partial charge in [-0.05, 0) is 83.5 Å². The van der Waals surface area contributed by atoms with E-state index in [1.54, 1.807) is 0 Å². The van der Waals surface area contributed by atoms with Gasteiger partial charge in [0.2, 0.25) is 0 Å². The number of rotatable bonds is 61. The molecule has 0 aliphatic carbocycles. The van der Waals surface area contributed by atoms with Gasteiger partial charge in [0.15, 0.2) is 6.10 Å². The normalized spacial score (nSPS) is 12.4. The summed E-state index contributed by atoms with van der Waals surface area (Å²) < 4.78 is 17.0. The van der Waals surface area contributed by atoms with Gasteiger partial charge in [-0.15, -0.1) is 0 Å². The molecule has 1 unspecified atom stereocenters. The van der Waals surface area contributed by atoms with Gasteiger partial charge in [0.25, 0.3) is 0 Å². The largest absolute Gasteiger partial charge is 0.462 e. The zero-order valence-electron chi connectivity index (χ0n) is 50.8. The Balaban J connectivity index is 4.33. The summed E-state index contributed by atoms with van der Waals surface area (Å²) in [6, 6.07) is 0. The third-order valence-electron chi connectivity index (χ3n) is 14.8. The molecule has 0 spiro atoms. The van der Waals surface area contributed by atoms with Crippen LogP contribution in [0.5, 0.6) is 0 Å². The molecule has 1 atom stereocenters. The van der Waals surface area contributed by atoms with Gasteiger partial charge in [0, 0.05) is 19.3 Å². The van der Waals surface area contributed by atoms with Gasteiger partial charge >= 0.3 is 17.9 Å². The monoisotopic (exact) mass is 1060 g/mol. The Morgan fingerprint density at radius 1 is 0.276 bits per heavy atom. The lowest BCUT2D eigenvalue weighted by molar-refractivity contribution is -0.167. The van der Waals surface area contributed by atoms with Crippen molar-refractivity contribution < 1.29 is 28.6 Å². The highest BCUT2D eigenvalue weighted by atomic mass is 16.6. The molecule has 0 N–H and O–H groups in total. The van der Waals surface area contributed by atoms with Crippen molar-refractivity contribution in [1.82, 2.24) is 0 Å². The Hall–Kier alpha value is -2.89. The first-order chi connectivity index (χ1) is 37.5. The lowest BCUT2D eigenvalue weighted by atomic mass is 10.0. The van der Waals surface area contributed by atoms with Crippen molar-refractivity contribution in [1.29, 1.82) is 0 Å². The first-order valence-corrected chi connectivity index (χ1v) is 33.3. The lowest BCUT2D eigenvalue weighted by Crippen LogP contribution is -2.30. The molecule has 0 fully saturated rings. The van der Waals surface area contributed by atoms with E-state index in [2.05, 4.69) is 81.5 Å². The second kappa shape index (κ2) is 64.6. The average molecular weight is 1060 g/mol. The number of esters is 3. The summed E-state index contributed by atoms with van der Waals surface area (Å²) in [5, 5.41) is 0. The summed E-state index contributed by atoms with van der Waals surface area (Å²) in [4.78, 5) is 38.4. The molecule has 0 radical (unpaired) electrons.